The second-order valence-corrected chi connectivity index (χ2v) is 10.6. The molecule has 0 saturated carbocycles. The van der Waals surface area contributed by atoms with Crippen molar-refractivity contribution in [2.45, 2.75) is 32.2 Å². The van der Waals surface area contributed by atoms with Gasteiger partial charge in [-0.25, -0.2) is 0 Å². The molecule has 2 aromatic rings. The number of ketones is 2. The predicted molar refractivity (Wildman–Crippen MR) is 136 cm³/mol. The number of aromatic hydroxyl groups is 1. The number of carbonyl (C=O) groups is 4. The fourth-order valence-electron chi connectivity index (χ4n) is 6.47. The molecular weight excluding hydrogens is 490 g/mol. The summed E-state index contributed by atoms with van der Waals surface area (Å²) in [5.74, 6) is -3.07. The van der Waals surface area contributed by atoms with Crippen LogP contribution in [0, 0.1) is 17.8 Å². The summed E-state index contributed by atoms with van der Waals surface area (Å²) in [6, 6.07) is 14.0. The van der Waals surface area contributed by atoms with Crippen molar-refractivity contribution < 1.29 is 24.3 Å². The predicted octanol–water partition coefficient (Wildman–Crippen LogP) is 4.68. The molecule has 6 rings (SSSR count). The van der Waals surface area contributed by atoms with E-state index in [9.17, 15) is 24.3 Å². The van der Waals surface area contributed by atoms with E-state index >= 15 is 0 Å². The molecule has 4 atom stereocenters. The van der Waals surface area contributed by atoms with E-state index in [2.05, 4.69) is 0 Å². The van der Waals surface area contributed by atoms with E-state index in [1.807, 2.05) is 36.4 Å². The number of phenolic OH excluding ortho intramolecular Hbond substituents is 1. The van der Waals surface area contributed by atoms with Gasteiger partial charge in [0.25, 0.3) is 0 Å². The maximum atomic E-state index is 13.8. The van der Waals surface area contributed by atoms with Crippen molar-refractivity contribution in [2.75, 3.05) is 0 Å². The van der Waals surface area contributed by atoms with Gasteiger partial charge < -0.3 is 5.11 Å². The third-order valence-corrected chi connectivity index (χ3v) is 8.46. The van der Waals surface area contributed by atoms with Gasteiger partial charge in [0, 0.05) is 27.7 Å². The lowest BCUT2D eigenvalue weighted by molar-refractivity contribution is -0.140. The monoisotopic (exact) mass is 513 g/mol. The lowest BCUT2D eigenvalue weighted by Crippen LogP contribution is -2.39. The van der Waals surface area contributed by atoms with E-state index in [0.29, 0.717) is 28.7 Å². The average molecular weight is 514 g/mol. The SMILES string of the molecule is CC1=CC(=O)C2=C(CC3C(=CCC4C(=O)N(Cc5ccccc5)C(=O)C43)C2c2ccc(O)cc2Cl)C1=O. The van der Waals surface area contributed by atoms with Crippen LogP contribution in [0.4, 0.5) is 0 Å². The van der Waals surface area contributed by atoms with Crippen molar-refractivity contribution in [2.24, 2.45) is 17.8 Å². The number of amides is 2. The Morgan fingerprint density at radius 1 is 1.00 bits per heavy atom. The van der Waals surface area contributed by atoms with Crippen molar-refractivity contribution in [3.63, 3.8) is 0 Å². The number of rotatable bonds is 3. The van der Waals surface area contributed by atoms with Gasteiger partial charge in [0.2, 0.25) is 11.8 Å². The summed E-state index contributed by atoms with van der Waals surface area (Å²) >= 11 is 6.56. The Labute approximate surface area is 218 Å². The Balaban J connectivity index is 1.46. The summed E-state index contributed by atoms with van der Waals surface area (Å²) in [7, 11) is 0. The molecular formula is C30H24ClNO5. The zero-order valence-corrected chi connectivity index (χ0v) is 20.9. The summed E-state index contributed by atoms with van der Waals surface area (Å²) in [5.41, 5.74) is 3.43. The van der Waals surface area contributed by atoms with Gasteiger partial charge in [-0.3, -0.25) is 24.1 Å². The largest absolute Gasteiger partial charge is 0.508 e. The summed E-state index contributed by atoms with van der Waals surface area (Å²) in [6.07, 6.45) is 3.92. The number of benzene rings is 2. The molecule has 1 heterocycles. The molecule has 0 bridgehead atoms. The average Bonchev–Trinajstić information content (AvgIpc) is 3.12. The van der Waals surface area contributed by atoms with Gasteiger partial charge in [-0.05, 0) is 55.0 Å². The minimum atomic E-state index is -0.630. The highest BCUT2D eigenvalue weighted by atomic mass is 35.5. The summed E-state index contributed by atoms with van der Waals surface area (Å²) in [5, 5.41) is 10.2. The van der Waals surface area contributed by atoms with Crippen molar-refractivity contribution in [1.82, 2.24) is 4.90 Å². The molecule has 4 unspecified atom stereocenters. The van der Waals surface area contributed by atoms with Crippen molar-refractivity contribution >= 4 is 35.0 Å². The molecule has 1 fully saturated rings. The highest BCUT2D eigenvalue weighted by Crippen LogP contribution is 2.56. The van der Waals surface area contributed by atoms with E-state index in [0.717, 1.165) is 11.1 Å². The number of imide groups is 1. The first-order valence-corrected chi connectivity index (χ1v) is 12.7. The molecule has 1 aliphatic heterocycles. The fraction of sp³-hybridized carbons (Fsp3) is 0.267. The molecule has 0 aromatic heterocycles. The number of likely N-dealkylation sites (tertiary alicyclic amines) is 1. The summed E-state index contributed by atoms with van der Waals surface area (Å²) in [4.78, 5) is 55.1. The number of allylic oxidation sites excluding steroid dienone is 6. The molecule has 1 N–H and O–H groups in total. The molecule has 0 radical (unpaired) electrons. The quantitative estimate of drug-likeness (QED) is 0.365. The molecule has 4 aliphatic rings. The Bertz CT molecular complexity index is 1480. The van der Waals surface area contributed by atoms with Gasteiger partial charge >= 0.3 is 0 Å². The molecule has 2 amide bonds. The third kappa shape index (κ3) is 3.62. The number of nitrogens with zero attached hydrogens (tertiary/aromatic N) is 1. The highest BCUT2D eigenvalue weighted by molar-refractivity contribution is 6.32. The molecule has 7 heteroatoms. The topological polar surface area (TPSA) is 91.8 Å². The number of Topliss-reactive ketones (excluding diaryl/α,β-unsaturated/α-hetero) is 1. The molecule has 2 aromatic carbocycles. The molecule has 3 aliphatic carbocycles. The van der Waals surface area contributed by atoms with E-state index in [-0.39, 0.29) is 47.1 Å². The van der Waals surface area contributed by atoms with Gasteiger partial charge in [0.15, 0.2) is 11.6 Å². The molecule has 0 spiro atoms. The van der Waals surface area contributed by atoms with Crippen LogP contribution in [0.3, 0.4) is 0 Å². The fourth-order valence-corrected chi connectivity index (χ4v) is 6.76. The number of halogens is 1. The summed E-state index contributed by atoms with van der Waals surface area (Å²) < 4.78 is 0. The zero-order chi connectivity index (χ0) is 26.0. The first-order chi connectivity index (χ1) is 17.8. The van der Waals surface area contributed by atoms with Gasteiger partial charge in [-0.1, -0.05) is 59.6 Å². The van der Waals surface area contributed by atoms with Crippen LogP contribution in [-0.4, -0.2) is 33.4 Å². The molecule has 37 heavy (non-hydrogen) atoms. The normalized spacial score (nSPS) is 27.0. The molecule has 186 valence electrons. The maximum absolute atomic E-state index is 13.8. The number of phenols is 1. The second kappa shape index (κ2) is 8.67. The summed E-state index contributed by atoms with van der Waals surface area (Å²) in [6.45, 7) is 1.82. The van der Waals surface area contributed by atoms with Gasteiger partial charge in [-0.15, -0.1) is 0 Å². The minimum absolute atomic E-state index is 0.0112. The molecule has 6 nitrogen and oxygen atoms in total. The third-order valence-electron chi connectivity index (χ3n) is 8.13. The van der Waals surface area contributed by atoms with Gasteiger partial charge in [0.05, 0.1) is 18.4 Å². The maximum Gasteiger partial charge on any atom is 0.234 e. The van der Waals surface area contributed by atoms with Crippen LogP contribution in [-0.2, 0) is 25.7 Å². The van der Waals surface area contributed by atoms with E-state index < -0.39 is 23.7 Å². The molecule has 1 saturated heterocycles. The lowest BCUT2D eigenvalue weighted by atomic mass is 9.59. The van der Waals surface area contributed by atoms with Crippen LogP contribution < -0.4 is 0 Å². The van der Waals surface area contributed by atoms with Crippen LogP contribution in [0.1, 0.15) is 36.8 Å². The van der Waals surface area contributed by atoms with Crippen LogP contribution >= 0.6 is 11.6 Å². The van der Waals surface area contributed by atoms with Crippen molar-refractivity contribution in [3.05, 3.63) is 99.1 Å². The second-order valence-electron chi connectivity index (χ2n) is 10.2. The Morgan fingerprint density at radius 3 is 2.49 bits per heavy atom. The number of carbonyl (C=O) groups excluding carboxylic acids is 4. The van der Waals surface area contributed by atoms with Crippen LogP contribution in [0.25, 0.3) is 0 Å². The Kier molecular flexibility index (Phi) is 5.53. The number of hydrogen-bond acceptors (Lipinski definition) is 5. The smallest absolute Gasteiger partial charge is 0.234 e. The van der Waals surface area contributed by atoms with E-state index in [1.165, 1.54) is 23.1 Å². The Morgan fingerprint density at radius 2 is 1.76 bits per heavy atom. The number of fused-ring (bicyclic) bond motifs is 3. The standard InChI is InChI=1S/C30H24ClNO5/c1-15-11-24(34)27-22(28(15)35)13-21-18(25(27)19-8-7-17(33)12-23(19)31)9-10-20-26(21)30(37)32(29(20)36)14-16-5-3-2-4-6-16/h2-9,11-12,20-21,25-26,33H,10,13-14H2,1H3. The Hall–Kier alpha value is -3.77. The van der Waals surface area contributed by atoms with Crippen LogP contribution in [0.5, 0.6) is 5.75 Å². The highest BCUT2D eigenvalue weighted by Gasteiger charge is 2.56. The first kappa shape index (κ1) is 23.6. The number of hydrogen-bond donors (Lipinski definition) is 1. The van der Waals surface area contributed by atoms with E-state index in [4.69, 9.17) is 11.6 Å². The minimum Gasteiger partial charge on any atom is -0.508 e. The van der Waals surface area contributed by atoms with Crippen LogP contribution in [0.2, 0.25) is 5.02 Å². The van der Waals surface area contributed by atoms with Gasteiger partial charge in [-0.2, -0.15) is 0 Å². The van der Waals surface area contributed by atoms with Crippen molar-refractivity contribution in [1.29, 1.82) is 0 Å². The van der Waals surface area contributed by atoms with Gasteiger partial charge in [0.1, 0.15) is 5.75 Å². The van der Waals surface area contributed by atoms with Crippen LogP contribution in [0.15, 0.2) is 83.0 Å². The van der Waals surface area contributed by atoms with E-state index in [1.54, 1.807) is 13.0 Å². The lowest BCUT2D eigenvalue weighted by Gasteiger charge is -2.42. The zero-order valence-electron chi connectivity index (χ0n) is 20.1. The first-order valence-electron chi connectivity index (χ1n) is 12.3. The van der Waals surface area contributed by atoms with Crippen molar-refractivity contribution in [3.8, 4) is 5.75 Å².